The van der Waals surface area contributed by atoms with Gasteiger partial charge in [-0.25, -0.2) is 0 Å². The lowest BCUT2D eigenvalue weighted by molar-refractivity contribution is 0.144. The van der Waals surface area contributed by atoms with Crippen molar-refractivity contribution in [2.24, 2.45) is 5.41 Å². The summed E-state index contributed by atoms with van der Waals surface area (Å²) in [5.41, 5.74) is 0.467. The van der Waals surface area contributed by atoms with E-state index in [2.05, 4.69) is 34.7 Å². The van der Waals surface area contributed by atoms with Gasteiger partial charge in [-0.1, -0.05) is 25.4 Å². The fraction of sp³-hybridized carbons (Fsp3) is 0.846. The molecule has 1 heterocycles. The van der Waals surface area contributed by atoms with Gasteiger partial charge < -0.3 is 15.1 Å². The van der Waals surface area contributed by atoms with Crippen molar-refractivity contribution in [1.29, 1.82) is 0 Å². The lowest BCUT2D eigenvalue weighted by Gasteiger charge is -2.41. The molecule has 0 amide bonds. The normalized spacial score (nSPS) is 17.4. The Morgan fingerprint density at radius 3 is 2.72 bits per heavy atom. The van der Waals surface area contributed by atoms with Gasteiger partial charge >= 0.3 is 6.01 Å². The summed E-state index contributed by atoms with van der Waals surface area (Å²) in [6, 6.07) is 0.558. The van der Waals surface area contributed by atoms with E-state index in [1.165, 1.54) is 25.7 Å². The molecule has 1 fully saturated rings. The molecule has 0 spiro atoms. The Morgan fingerprint density at radius 2 is 2.11 bits per heavy atom. The predicted octanol–water partition coefficient (Wildman–Crippen LogP) is 2.56. The molecule has 1 saturated carbocycles. The van der Waals surface area contributed by atoms with E-state index in [1.54, 1.807) is 0 Å². The van der Waals surface area contributed by atoms with Crippen molar-refractivity contribution in [3.63, 3.8) is 0 Å². The fourth-order valence-corrected chi connectivity index (χ4v) is 2.36. The van der Waals surface area contributed by atoms with Crippen molar-refractivity contribution in [3.8, 4) is 0 Å². The first kappa shape index (κ1) is 13.3. The monoisotopic (exact) mass is 252 g/mol. The highest BCUT2D eigenvalue weighted by Crippen LogP contribution is 2.43. The SMILES string of the molecule is CCCNCc1nnc(NCC2(CC)CCC2)o1. The van der Waals surface area contributed by atoms with Crippen molar-refractivity contribution in [2.75, 3.05) is 18.4 Å². The van der Waals surface area contributed by atoms with Gasteiger partial charge in [-0.15, -0.1) is 5.10 Å². The van der Waals surface area contributed by atoms with Gasteiger partial charge in [-0.05, 0) is 37.6 Å². The third-order valence-electron chi connectivity index (χ3n) is 3.95. The first-order valence-corrected chi connectivity index (χ1v) is 7.05. The van der Waals surface area contributed by atoms with Crippen molar-refractivity contribution in [1.82, 2.24) is 15.5 Å². The molecular weight excluding hydrogens is 228 g/mol. The van der Waals surface area contributed by atoms with Crippen LogP contribution in [-0.4, -0.2) is 23.3 Å². The maximum absolute atomic E-state index is 5.54. The number of nitrogens with zero attached hydrogens (tertiary/aromatic N) is 2. The minimum absolute atomic E-state index is 0.467. The highest BCUT2D eigenvalue weighted by molar-refractivity contribution is 5.18. The van der Waals surface area contributed by atoms with Crippen LogP contribution in [0.5, 0.6) is 0 Å². The summed E-state index contributed by atoms with van der Waals surface area (Å²) in [6.45, 7) is 6.98. The summed E-state index contributed by atoms with van der Waals surface area (Å²) in [4.78, 5) is 0. The van der Waals surface area contributed by atoms with Crippen molar-refractivity contribution in [3.05, 3.63) is 5.89 Å². The van der Waals surface area contributed by atoms with E-state index < -0.39 is 0 Å². The molecule has 1 aliphatic carbocycles. The quantitative estimate of drug-likeness (QED) is 0.696. The fourth-order valence-electron chi connectivity index (χ4n) is 2.36. The molecule has 2 N–H and O–H groups in total. The zero-order valence-corrected chi connectivity index (χ0v) is 11.5. The van der Waals surface area contributed by atoms with E-state index in [0.29, 0.717) is 23.9 Å². The van der Waals surface area contributed by atoms with Gasteiger partial charge in [-0.2, -0.15) is 0 Å². The molecule has 0 aromatic carbocycles. The van der Waals surface area contributed by atoms with Gasteiger partial charge in [0.1, 0.15) is 0 Å². The molecule has 1 aliphatic rings. The maximum Gasteiger partial charge on any atom is 0.315 e. The summed E-state index contributed by atoms with van der Waals surface area (Å²) in [5, 5.41) is 14.6. The molecule has 1 aromatic heterocycles. The standard InChI is InChI=1S/C13H24N4O/c1-3-8-14-9-11-16-17-12(18-11)15-10-13(4-2)6-5-7-13/h14H,3-10H2,1-2H3,(H,15,17). The molecule has 0 saturated heterocycles. The third-order valence-corrected chi connectivity index (χ3v) is 3.95. The number of nitrogens with one attached hydrogen (secondary N) is 2. The number of hydrogen-bond donors (Lipinski definition) is 2. The molecule has 1 aromatic rings. The molecule has 0 bridgehead atoms. The summed E-state index contributed by atoms with van der Waals surface area (Å²) >= 11 is 0. The zero-order valence-electron chi connectivity index (χ0n) is 11.5. The molecule has 5 nitrogen and oxygen atoms in total. The summed E-state index contributed by atoms with van der Waals surface area (Å²) in [6.07, 6.45) is 6.31. The number of rotatable bonds is 8. The molecule has 2 rings (SSSR count). The summed E-state index contributed by atoms with van der Waals surface area (Å²) in [7, 11) is 0. The second-order valence-corrected chi connectivity index (χ2v) is 5.24. The van der Waals surface area contributed by atoms with E-state index in [0.717, 1.165) is 19.5 Å². The predicted molar refractivity (Wildman–Crippen MR) is 71.4 cm³/mol. The van der Waals surface area contributed by atoms with Gasteiger partial charge in [0.15, 0.2) is 0 Å². The average Bonchev–Trinajstić information content (AvgIpc) is 2.77. The van der Waals surface area contributed by atoms with E-state index in [4.69, 9.17) is 4.42 Å². The van der Waals surface area contributed by atoms with Crippen LogP contribution in [0.2, 0.25) is 0 Å². The highest BCUT2D eigenvalue weighted by Gasteiger charge is 2.35. The van der Waals surface area contributed by atoms with E-state index in [9.17, 15) is 0 Å². The molecule has 0 aliphatic heterocycles. The Bertz CT molecular complexity index is 354. The zero-order chi connectivity index (χ0) is 12.8. The van der Waals surface area contributed by atoms with Crippen LogP contribution in [0.3, 0.4) is 0 Å². The number of anilines is 1. The van der Waals surface area contributed by atoms with Crippen molar-refractivity contribution >= 4 is 6.01 Å². The maximum atomic E-state index is 5.54. The van der Waals surface area contributed by atoms with Crippen LogP contribution in [0.15, 0.2) is 4.42 Å². The third kappa shape index (κ3) is 3.22. The van der Waals surface area contributed by atoms with Crippen molar-refractivity contribution < 1.29 is 4.42 Å². The smallest absolute Gasteiger partial charge is 0.315 e. The lowest BCUT2D eigenvalue weighted by Crippen LogP contribution is -2.35. The lowest BCUT2D eigenvalue weighted by atomic mass is 9.67. The highest BCUT2D eigenvalue weighted by atomic mass is 16.4. The average molecular weight is 252 g/mol. The second kappa shape index (κ2) is 6.18. The minimum Gasteiger partial charge on any atom is -0.407 e. The molecule has 0 atom stereocenters. The molecule has 0 unspecified atom stereocenters. The topological polar surface area (TPSA) is 63.0 Å². The van der Waals surface area contributed by atoms with Crippen molar-refractivity contribution in [2.45, 2.75) is 52.5 Å². The minimum atomic E-state index is 0.467. The molecular formula is C13H24N4O. The Morgan fingerprint density at radius 1 is 1.28 bits per heavy atom. The van der Waals surface area contributed by atoms with Gasteiger partial charge in [0.25, 0.3) is 0 Å². The van der Waals surface area contributed by atoms with Crippen LogP contribution in [0.1, 0.15) is 51.8 Å². The summed E-state index contributed by atoms with van der Waals surface area (Å²) < 4.78 is 5.54. The Kier molecular flexibility index (Phi) is 4.58. The van der Waals surface area contributed by atoms with Crippen LogP contribution in [-0.2, 0) is 6.54 Å². The molecule has 18 heavy (non-hydrogen) atoms. The van der Waals surface area contributed by atoms with Crippen LogP contribution in [0.4, 0.5) is 6.01 Å². The van der Waals surface area contributed by atoms with Gasteiger partial charge in [0, 0.05) is 6.54 Å². The molecule has 102 valence electrons. The Hall–Kier alpha value is -1.10. The first-order chi connectivity index (χ1) is 8.78. The van der Waals surface area contributed by atoms with E-state index in [-0.39, 0.29) is 0 Å². The molecule has 0 radical (unpaired) electrons. The Labute approximate surface area is 109 Å². The largest absolute Gasteiger partial charge is 0.407 e. The van der Waals surface area contributed by atoms with Gasteiger partial charge in [0.2, 0.25) is 5.89 Å². The number of aromatic nitrogens is 2. The van der Waals surface area contributed by atoms with E-state index >= 15 is 0 Å². The van der Waals surface area contributed by atoms with Crippen LogP contribution in [0, 0.1) is 5.41 Å². The summed E-state index contributed by atoms with van der Waals surface area (Å²) in [5.74, 6) is 0.658. The number of hydrogen-bond acceptors (Lipinski definition) is 5. The van der Waals surface area contributed by atoms with Crippen LogP contribution >= 0.6 is 0 Å². The first-order valence-electron chi connectivity index (χ1n) is 7.05. The van der Waals surface area contributed by atoms with Gasteiger partial charge in [-0.3, -0.25) is 0 Å². The Balaban J connectivity index is 1.76. The second-order valence-electron chi connectivity index (χ2n) is 5.24. The van der Waals surface area contributed by atoms with Crippen LogP contribution in [0.25, 0.3) is 0 Å². The van der Waals surface area contributed by atoms with Crippen LogP contribution < -0.4 is 10.6 Å². The van der Waals surface area contributed by atoms with E-state index in [1.807, 2.05) is 0 Å². The molecule has 5 heteroatoms. The van der Waals surface area contributed by atoms with Gasteiger partial charge in [0.05, 0.1) is 6.54 Å².